The van der Waals surface area contributed by atoms with Crippen molar-refractivity contribution in [3.8, 4) is 11.1 Å². The van der Waals surface area contributed by atoms with Crippen LogP contribution in [0.4, 0.5) is 16.2 Å². The quantitative estimate of drug-likeness (QED) is 0.231. The molecule has 2 amide bonds. The van der Waals surface area contributed by atoms with Crippen molar-refractivity contribution in [2.75, 3.05) is 25.5 Å². The first-order valence-electron chi connectivity index (χ1n) is 12.4. The van der Waals surface area contributed by atoms with Gasteiger partial charge in [-0.05, 0) is 69.0 Å². The van der Waals surface area contributed by atoms with Gasteiger partial charge in [-0.25, -0.2) is 19.8 Å². The average Bonchev–Trinajstić information content (AvgIpc) is 3.47. The minimum atomic E-state index is -0.995. The Morgan fingerprint density at radius 3 is 2.18 bits per heavy atom. The largest absolute Gasteiger partial charge is 0.465 e. The summed E-state index contributed by atoms with van der Waals surface area (Å²) in [6.45, 7) is 8.05. The van der Waals surface area contributed by atoms with Crippen LogP contribution in [0.15, 0.2) is 78.1 Å². The molecule has 0 bridgehead atoms. The molecule has 9 heteroatoms. The highest BCUT2D eigenvalue weighted by Gasteiger charge is 2.14. The van der Waals surface area contributed by atoms with E-state index in [-0.39, 0.29) is 0 Å². The molecule has 1 aromatic heterocycles. The molecule has 1 fully saturated rings. The number of rotatable bonds is 5. The highest BCUT2D eigenvalue weighted by atomic mass is 16.4. The number of nitrogens with zero attached hydrogens (tertiary/aromatic N) is 4. The van der Waals surface area contributed by atoms with Crippen LogP contribution in [0.2, 0.25) is 0 Å². The second-order valence-corrected chi connectivity index (χ2v) is 8.37. The Balaban J connectivity index is 0.000000240. The highest BCUT2D eigenvalue weighted by molar-refractivity contribution is 5.95. The van der Waals surface area contributed by atoms with E-state index in [2.05, 4.69) is 26.3 Å². The molecular formula is C29H36N6O3. The number of amides is 2. The van der Waals surface area contributed by atoms with Crippen molar-refractivity contribution in [3.63, 3.8) is 0 Å². The molecule has 3 N–H and O–H groups in total. The van der Waals surface area contributed by atoms with Crippen LogP contribution in [0, 0.1) is 13.8 Å². The zero-order chi connectivity index (χ0) is 27.8. The van der Waals surface area contributed by atoms with E-state index in [1.165, 1.54) is 19.9 Å². The van der Waals surface area contributed by atoms with Crippen LogP contribution in [-0.4, -0.2) is 58.5 Å². The number of hydrogen-bond donors (Lipinski definition) is 3. The maximum Gasteiger partial charge on any atom is 0.404 e. The fourth-order valence-electron chi connectivity index (χ4n) is 3.54. The van der Waals surface area contributed by atoms with Crippen molar-refractivity contribution < 1.29 is 14.7 Å². The number of nitrogens with one attached hydrogen (secondary N) is 2. The number of aliphatic imine (C=N–C) groups is 1. The van der Waals surface area contributed by atoms with Crippen molar-refractivity contribution in [2.45, 2.75) is 33.6 Å². The van der Waals surface area contributed by atoms with Crippen LogP contribution in [0.3, 0.4) is 0 Å². The lowest BCUT2D eigenvalue weighted by molar-refractivity contribution is -0.105. The van der Waals surface area contributed by atoms with Gasteiger partial charge in [0.25, 0.3) is 0 Å². The zero-order valence-corrected chi connectivity index (χ0v) is 22.4. The smallest absolute Gasteiger partial charge is 0.404 e. The third kappa shape index (κ3) is 10.2. The minimum Gasteiger partial charge on any atom is -0.465 e. The van der Waals surface area contributed by atoms with Gasteiger partial charge in [0.05, 0.1) is 5.69 Å². The molecule has 2 heterocycles. The summed E-state index contributed by atoms with van der Waals surface area (Å²) >= 11 is 0. The van der Waals surface area contributed by atoms with E-state index in [1.54, 1.807) is 0 Å². The molecule has 1 saturated heterocycles. The number of carboxylic acid groups (broad SMARTS) is 1. The molecule has 9 nitrogen and oxygen atoms in total. The van der Waals surface area contributed by atoms with Gasteiger partial charge in [-0.2, -0.15) is 0 Å². The molecule has 0 atom stereocenters. The van der Waals surface area contributed by atoms with E-state index < -0.39 is 6.09 Å². The number of aromatic nitrogens is 2. The number of carbonyl (C=O) groups excluding carboxylic acids is 1. The fraction of sp³-hybridized carbons (Fsp3) is 0.276. The van der Waals surface area contributed by atoms with E-state index in [0.717, 1.165) is 52.8 Å². The average molecular weight is 517 g/mol. The van der Waals surface area contributed by atoms with Crippen molar-refractivity contribution in [1.29, 1.82) is 0 Å². The Kier molecular flexibility index (Phi) is 12.7. The monoisotopic (exact) mass is 516 g/mol. The molecular weight excluding hydrogens is 480 g/mol. The molecule has 2 aromatic carbocycles. The van der Waals surface area contributed by atoms with Crippen molar-refractivity contribution >= 4 is 29.7 Å². The van der Waals surface area contributed by atoms with Gasteiger partial charge >= 0.3 is 6.09 Å². The standard InChI is InChI=1S/C16H21N3O.C11H10N2.C2H5NO2/c1-3-6-16(19-9-4-5-10-19)18-15-8-7-14(17-12-20)11-13(15)2;1-9-12-7-11(8-13-9)10-5-3-2-4-6-10;1-3-2(4)5/h3,6-8,11-12H,4-5,9-10H2,1-2H3,(H,17,20);2-8H,1H3;3H,1H3,(H,4,5)/b6-3-,18-16?;;. The van der Waals surface area contributed by atoms with Gasteiger partial charge in [0.1, 0.15) is 11.7 Å². The predicted molar refractivity (Wildman–Crippen MR) is 153 cm³/mol. The summed E-state index contributed by atoms with van der Waals surface area (Å²) in [5.74, 6) is 1.82. The highest BCUT2D eigenvalue weighted by Crippen LogP contribution is 2.24. The second kappa shape index (κ2) is 16.3. The SMILES string of the molecule is C/C=C\C(=Nc1ccc(NC=O)cc1C)N1CCCC1.CNC(=O)O.Cc1ncc(-c2ccccc2)cn1. The Morgan fingerprint density at radius 2 is 1.66 bits per heavy atom. The van der Waals surface area contributed by atoms with Crippen LogP contribution >= 0.6 is 0 Å². The second-order valence-electron chi connectivity index (χ2n) is 8.37. The zero-order valence-electron chi connectivity index (χ0n) is 22.4. The van der Waals surface area contributed by atoms with Crippen LogP contribution in [-0.2, 0) is 4.79 Å². The Bertz CT molecular complexity index is 1200. The lowest BCUT2D eigenvalue weighted by Crippen LogP contribution is -2.25. The van der Waals surface area contributed by atoms with Gasteiger partial charge in [0.2, 0.25) is 6.41 Å². The number of anilines is 1. The molecule has 0 radical (unpaired) electrons. The van der Waals surface area contributed by atoms with E-state index in [1.807, 2.05) is 93.1 Å². The van der Waals surface area contributed by atoms with Gasteiger partial charge < -0.3 is 20.6 Å². The van der Waals surface area contributed by atoms with Crippen LogP contribution in [0.5, 0.6) is 0 Å². The molecule has 1 aliphatic heterocycles. The summed E-state index contributed by atoms with van der Waals surface area (Å²) in [5.41, 5.74) is 5.01. The van der Waals surface area contributed by atoms with Gasteiger partial charge in [-0.1, -0.05) is 36.4 Å². The lowest BCUT2D eigenvalue weighted by Gasteiger charge is -2.17. The molecule has 0 unspecified atom stereocenters. The Morgan fingerprint density at radius 1 is 1.03 bits per heavy atom. The van der Waals surface area contributed by atoms with Gasteiger partial charge in [-0.15, -0.1) is 0 Å². The maximum atomic E-state index is 10.5. The van der Waals surface area contributed by atoms with E-state index >= 15 is 0 Å². The first-order chi connectivity index (χ1) is 18.4. The number of likely N-dealkylation sites (tertiary alicyclic amines) is 1. The molecule has 4 rings (SSSR count). The third-order valence-corrected chi connectivity index (χ3v) is 5.51. The number of carbonyl (C=O) groups is 2. The summed E-state index contributed by atoms with van der Waals surface area (Å²) in [4.78, 5) is 35.1. The van der Waals surface area contributed by atoms with Crippen molar-refractivity contribution in [3.05, 3.63) is 84.5 Å². The van der Waals surface area contributed by atoms with Crippen LogP contribution in [0.25, 0.3) is 11.1 Å². The Hall–Kier alpha value is -4.53. The van der Waals surface area contributed by atoms with E-state index in [9.17, 15) is 9.59 Å². The molecule has 3 aromatic rings. The number of hydrogen-bond acceptors (Lipinski definition) is 5. The first-order valence-corrected chi connectivity index (χ1v) is 12.4. The Labute approximate surface area is 224 Å². The fourth-order valence-corrected chi connectivity index (χ4v) is 3.54. The summed E-state index contributed by atoms with van der Waals surface area (Å²) in [5, 5.41) is 12.2. The van der Waals surface area contributed by atoms with E-state index in [4.69, 9.17) is 10.1 Å². The number of benzene rings is 2. The van der Waals surface area contributed by atoms with Crippen molar-refractivity contribution in [1.82, 2.24) is 20.2 Å². The summed E-state index contributed by atoms with van der Waals surface area (Å²) in [6.07, 6.45) is 9.93. The topological polar surface area (TPSA) is 120 Å². The normalized spacial score (nSPS) is 12.6. The molecule has 0 aliphatic carbocycles. The molecule has 0 saturated carbocycles. The molecule has 0 spiro atoms. The van der Waals surface area contributed by atoms with E-state index in [0.29, 0.717) is 6.41 Å². The van der Waals surface area contributed by atoms with Crippen LogP contribution in [0.1, 0.15) is 31.2 Å². The minimum absolute atomic E-state index is 0.688. The summed E-state index contributed by atoms with van der Waals surface area (Å²) in [6, 6.07) is 15.9. The molecule has 38 heavy (non-hydrogen) atoms. The van der Waals surface area contributed by atoms with Gasteiger partial charge in [0.15, 0.2) is 0 Å². The summed E-state index contributed by atoms with van der Waals surface area (Å²) < 4.78 is 0. The van der Waals surface area contributed by atoms with Crippen LogP contribution < -0.4 is 10.6 Å². The molecule has 200 valence electrons. The maximum absolute atomic E-state index is 10.5. The number of aryl methyl sites for hydroxylation is 2. The number of allylic oxidation sites excluding steroid dienone is 1. The lowest BCUT2D eigenvalue weighted by atomic mass is 10.1. The third-order valence-electron chi connectivity index (χ3n) is 5.51. The first kappa shape index (κ1) is 29.7. The van der Waals surface area contributed by atoms with Gasteiger partial charge in [-0.3, -0.25) is 4.79 Å². The van der Waals surface area contributed by atoms with Gasteiger partial charge in [0, 0.05) is 43.8 Å². The number of amidine groups is 1. The summed E-state index contributed by atoms with van der Waals surface area (Å²) in [7, 11) is 1.35. The van der Waals surface area contributed by atoms with Crippen molar-refractivity contribution in [2.24, 2.45) is 4.99 Å². The predicted octanol–water partition coefficient (Wildman–Crippen LogP) is 5.60. The molecule has 1 aliphatic rings.